The van der Waals surface area contributed by atoms with Crippen molar-refractivity contribution < 1.29 is 23.9 Å². The van der Waals surface area contributed by atoms with Gasteiger partial charge in [-0.1, -0.05) is 32.9 Å². The van der Waals surface area contributed by atoms with Crippen LogP contribution in [0.4, 0.5) is 4.79 Å². The largest absolute Gasteiger partial charge is 0.544 e. The molecule has 1 amide bonds. The molecule has 1 aromatic carbocycles. The summed E-state index contributed by atoms with van der Waals surface area (Å²) in [5, 5.41) is 9.67. The smallest absolute Gasteiger partial charge is 0.410 e. The molecule has 0 aliphatic rings. The number of rotatable bonds is 6. The standard InChI is InChI=1S/C21H35NO5Si/c1-20(2,3)26-19(25)22(7)17(18(23)24)14-15-10-12-16(13-11-15)27-28(8,9)21(4,5)6/h10-13,17H,14H2,1-9H3,(H,23,24)/t17-/m1/s1. The molecule has 0 aliphatic heterocycles. The number of amides is 1. The Bertz CT molecular complexity index is 686. The molecule has 0 radical (unpaired) electrons. The van der Waals surface area contributed by atoms with Gasteiger partial charge in [-0.3, -0.25) is 4.90 Å². The molecule has 7 heteroatoms. The van der Waals surface area contributed by atoms with Crippen LogP contribution in [0.3, 0.4) is 0 Å². The van der Waals surface area contributed by atoms with Gasteiger partial charge in [0.2, 0.25) is 8.32 Å². The number of carbonyl (C=O) groups is 2. The summed E-state index contributed by atoms with van der Waals surface area (Å²) in [5.74, 6) is -0.294. The van der Waals surface area contributed by atoms with Crippen molar-refractivity contribution in [2.24, 2.45) is 0 Å². The molecule has 1 aromatic rings. The molecule has 1 rings (SSSR count). The highest BCUT2D eigenvalue weighted by atomic mass is 28.4. The van der Waals surface area contributed by atoms with Crippen LogP contribution >= 0.6 is 0 Å². The van der Waals surface area contributed by atoms with Gasteiger partial charge < -0.3 is 14.3 Å². The van der Waals surface area contributed by atoms with Crippen LogP contribution in [0.1, 0.15) is 47.1 Å². The zero-order valence-electron chi connectivity index (χ0n) is 18.6. The van der Waals surface area contributed by atoms with Crippen LogP contribution < -0.4 is 4.43 Å². The summed E-state index contributed by atoms with van der Waals surface area (Å²) >= 11 is 0. The average molecular weight is 410 g/mol. The van der Waals surface area contributed by atoms with Gasteiger partial charge in [-0.2, -0.15) is 0 Å². The van der Waals surface area contributed by atoms with E-state index in [2.05, 4.69) is 33.9 Å². The van der Waals surface area contributed by atoms with Crippen molar-refractivity contribution in [3.8, 4) is 5.75 Å². The highest BCUT2D eigenvalue weighted by Gasteiger charge is 2.39. The van der Waals surface area contributed by atoms with Crippen molar-refractivity contribution in [2.75, 3.05) is 7.05 Å². The summed E-state index contributed by atoms with van der Waals surface area (Å²) in [7, 11) is -0.486. The van der Waals surface area contributed by atoms with Crippen molar-refractivity contribution in [1.82, 2.24) is 4.90 Å². The van der Waals surface area contributed by atoms with Gasteiger partial charge in [0.15, 0.2) is 0 Å². The van der Waals surface area contributed by atoms with Crippen LogP contribution in [0.5, 0.6) is 5.75 Å². The number of aliphatic carboxylic acids is 1. The second-order valence-electron chi connectivity index (χ2n) is 9.66. The van der Waals surface area contributed by atoms with Crippen molar-refractivity contribution in [3.05, 3.63) is 29.8 Å². The number of likely N-dealkylation sites (N-methyl/N-ethyl adjacent to an activating group) is 1. The lowest BCUT2D eigenvalue weighted by Gasteiger charge is -2.36. The van der Waals surface area contributed by atoms with Gasteiger partial charge in [0.05, 0.1) is 0 Å². The van der Waals surface area contributed by atoms with E-state index >= 15 is 0 Å². The summed E-state index contributed by atoms with van der Waals surface area (Å²) in [6.45, 7) is 16.1. The first-order valence-corrected chi connectivity index (χ1v) is 12.4. The quantitative estimate of drug-likeness (QED) is 0.674. The summed E-state index contributed by atoms with van der Waals surface area (Å²) in [5.41, 5.74) is 0.127. The fourth-order valence-electron chi connectivity index (χ4n) is 2.22. The maximum absolute atomic E-state index is 12.2. The molecule has 0 spiro atoms. The second-order valence-corrected chi connectivity index (χ2v) is 14.4. The van der Waals surface area contributed by atoms with E-state index in [1.54, 1.807) is 20.8 Å². The summed E-state index contributed by atoms with van der Waals surface area (Å²) < 4.78 is 11.5. The Morgan fingerprint density at radius 2 is 1.57 bits per heavy atom. The second kappa shape index (κ2) is 8.55. The Labute approximate surface area is 170 Å². The Balaban J connectivity index is 2.90. The molecule has 28 heavy (non-hydrogen) atoms. The van der Waals surface area contributed by atoms with Crippen molar-refractivity contribution >= 4 is 20.4 Å². The maximum atomic E-state index is 12.2. The van der Waals surface area contributed by atoms with E-state index < -0.39 is 32.0 Å². The molecule has 0 fully saturated rings. The highest BCUT2D eigenvalue weighted by molar-refractivity contribution is 6.74. The fourth-order valence-corrected chi connectivity index (χ4v) is 3.25. The van der Waals surface area contributed by atoms with Gasteiger partial charge in [-0.05, 0) is 56.6 Å². The molecular formula is C21H35NO5Si. The minimum Gasteiger partial charge on any atom is -0.544 e. The SMILES string of the molecule is CN(C(=O)OC(C)(C)C)[C@H](Cc1ccc(O[Si](C)(C)C(C)(C)C)cc1)C(=O)O. The Hall–Kier alpha value is -2.02. The molecule has 0 aliphatic carbocycles. The number of hydrogen-bond acceptors (Lipinski definition) is 4. The molecule has 0 unspecified atom stereocenters. The number of carboxylic acid groups (broad SMARTS) is 1. The van der Waals surface area contributed by atoms with E-state index in [1.807, 2.05) is 24.3 Å². The Morgan fingerprint density at radius 1 is 1.07 bits per heavy atom. The predicted molar refractivity (Wildman–Crippen MR) is 113 cm³/mol. The molecule has 1 N–H and O–H groups in total. The summed E-state index contributed by atoms with van der Waals surface area (Å²) in [6.07, 6.45) is -0.469. The van der Waals surface area contributed by atoms with Gasteiger partial charge in [-0.25, -0.2) is 9.59 Å². The third-order valence-electron chi connectivity index (χ3n) is 4.97. The average Bonchev–Trinajstić information content (AvgIpc) is 2.50. The molecule has 0 aromatic heterocycles. The zero-order chi connectivity index (χ0) is 21.9. The minimum atomic E-state index is -1.93. The lowest BCUT2D eigenvalue weighted by atomic mass is 10.1. The van der Waals surface area contributed by atoms with Crippen LogP contribution in [-0.4, -0.2) is 49.1 Å². The van der Waals surface area contributed by atoms with E-state index in [0.29, 0.717) is 0 Å². The number of ether oxygens (including phenoxy) is 1. The lowest BCUT2D eigenvalue weighted by molar-refractivity contribution is -0.142. The molecule has 1 atom stereocenters. The molecule has 0 saturated carbocycles. The first-order valence-electron chi connectivity index (χ1n) is 9.50. The molecule has 0 bridgehead atoms. The zero-order valence-corrected chi connectivity index (χ0v) is 19.6. The number of carboxylic acids is 1. The first-order chi connectivity index (χ1) is 12.5. The fraction of sp³-hybridized carbons (Fsp3) is 0.619. The van der Waals surface area contributed by atoms with E-state index in [0.717, 1.165) is 16.2 Å². The third-order valence-corrected chi connectivity index (χ3v) is 9.32. The highest BCUT2D eigenvalue weighted by Crippen LogP contribution is 2.37. The van der Waals surface area contributed by atoms with E-state index in [9.17, 15) is 14.7 Å². The molecule has 6 nitrogen and oxygen atoms in total. The van der Waals surface area contributed by atoms with Crippen LogP contribution in [0.25, 0.3) is 0 Å². The molecular weight excluding hydrogens is 374 g/mol. The van der Waals surface area contributed by atoms with Gasteiger partial charge in [0, 0.05) is 13.5 Å². The molecule has 0 heterocycles. The Morgan fingerprint density at radius 3 is 1.96 bits per heavy atom. The Kier molecular flexibility index (Phi) is 7.33. The molecule has 0 saturated heterocycles. The van der Waals surface area contributed by atoms with E-state index in [4.69, 9.17) is 9.16 Å². The van der Waals surface area contributed by atoms with Crippen molar-refractivity contribution in [3.63, 3.8) is 0 Å². The van der Waals surface area contributed by atoms with Crippen LogP contribution in [0.15, 0.2) is 24.3 Å². The lowest BCUT2D eigenvalue weighted by Crippen LogP contribution is -2.46. The summed E-state index contributed by atoms with van der Waals surface area (Å²) in [6, 6.07) is 6.41. The number of carbonyl (C=O) groups excluding carboxylic acids is 1. The monoisotopic (exact) mass is 409 g/mol. The maximum Gasteiger partial charge on any atom is 0.410 e. The number of benzene rings is 1. The third kappa shape index (κ3) is 6.85. The normalized spacial score (nSPS) is 13.6. The van der Waals surface area contributed by atoms with Crippen LogP contribution in [-0.2, 0) is 16.0 Å². The van der Waals surface area contributed by atoms with E-state index in [-0.39, 0.29) is 11.5 Å². The summed E-state index contributed by atoms with van der Waals surface area (Å²) in [4.78, 5) is 25.1. The predicted octanol–water partition coefficient (Wildman–Crippen LogP) is 4.93. The van der Waals surface area contributed by atoms with Gasteiger partial charge in [0.1, 0.15) is 17.4 Å². The van der Waals surface area contributed by atoms with Crippen LogP contribution in [0, 0.1) is 0 Å². The van der Waals surface area contributed by atoms with Crippen molar-refractivity contribution in [1.29, 1.82) is 0 Å². The first kappa shape index (κ1) is 24.0. The van der Waals surface area contributed by atoms with Gasteiger partial charge in [-0.15, -0.1) is 0 Å². The molecule has 158 valence electrons. The topological polar surface area (TPSA) is 76.1 Å². The van der Waals surface area contributed by atoms with Gasteiger partial charge >= 0.3 is 12.1 Å². The van der Waals surface area contributed by atoms with Crippen LogP contribution in [0.2, 0.25) is 18.1 Å². The van der Waals surface area contributed by atoms with Gasteiger partial charge in [0.25, 0.3) is 0 Å². The number of hydrogen-bond donors (Lipinski definition) is 1. The minimum absolute atomic E-state index is 0.0935. The number of nitrogens with zero attached hydrogens (tertiary/aromatic N) is 1. The van der Waals surface area contributed by atoms with Crippen molar-refractivity contribution in [2.45, 2.75) is 77.7 Å². The van der Waals surface area contributed by atoms with E-state index in [1.165, 1.54) is 7.05 Å².